The summed E-state index contributed by atoms with van der Waals surface area (Å²) >= 11 is 0. The Balaban J connectivity index is 1.44. The maximum absolute atomic E-state index is 13.7. The molecule has 0 aliphatic carbocycles. The number of nitrogens with zero attached hydrogens (tertiary/aromatic N) is 4. The Bertz CT molecular complexity index is 1110. The second-order valence-corrected chi connectivity index (χ2v) is 9.17. The zero-order chi connectivity index (χ0) is 22.8. The van der Waals surface area contributed by atoms with Gasteiger partial charge in [0.25, 0.3) is 5.91 Å². The first kappa shape index (κ1) is 21.7. The van der Waals surface area contributed by atoms with Crippen LogP contribution in [0.15, 0.2) is 54.7 Å². The molecule has 0 bridgehead atoms. The van der Waals surface area contributed by atoms with E-state index in [4.69, 9.17) is 9.84 Å². The van der Waals surface area contributed by atoms with Gasteiger partial charge >= 0.3 is 0 Å². The van der Waals surface area contributed by atoms with Gasteiger partial charge < -0.3 is 14.5 Å². The van der Waals surface area contributed by atoms with Crippen molar-refractivity contribution < 1.29 is 9.53 Å². The minimum atomic E-state index is 0.0612. The number of carbonyl (C=O) groups is 1. The maximum Gasteiger partial charge on any atom is 0.257 e. The van der Waals surface area contributed by atoms with Gasteiger partial charge in [-0.05, 0) is 70.0 Å². The van der Waals surface area contributed by atoms with Gasteiger partial charge in [-0.2, -0.15) is 5.10 Å². The maximum atomic E-state index is 13.7. The summed E-state index contributed by atoms with van der Waals surface area (Å²) in [7, 11) is 1.65. The Morgan fingerprint density at radius 1 is 1.00 bits per heavy atom. The van der Waals surface area contributed by atoms with Gasteiger partial charge in [0.15, 0.2) is 0 Å². The van der Waals surface area contributed by atoms with Gasteiger partial charge in [-0.25, -0.2) is 4.68 Å². The van der Waals surface area contributed by atoms with E-state index >= 15 is 0 Å². The summed E-state index contributed by atoms with van der Waals surface area (Å²) in [6, 6.07) is 16.6. The molecule has 0 radical (unpaired) electrons. The number of amides is 1. The Kier molecular flexibility index (Phi) is 6.18. The molecule has 1 amide bonds. The molecule has 33 heavy (non-hydrogen) atoms. The lowest BCUT2D eigenvalue weighted by Crippen LogP contribution is -2.45. The molecule has 5 rings (SSSR count). The fraction of sp³-hybridized carbons (Fsp3) is 0.407. The number of piperidine rings is 1. The molecule has 0 atom stereocenters. The van der Waals surface area contributed by atoms with Crippen LogP contribution in [0.5, 0.6) is 5.75 Å². The number of hydrogen-bond donors (Lipinski definition) is 0. The quantitative estimate of drug-likeness (QED) is 0.579. The number of carbonyl (C=O) groups excluding carboxylic acids is 1. The summed E-state index contributed by atoms with van der Waals surface area (Å²) in [5.74, 6) is 0.813. The molecule has 0 saturated carbocycles. The third kappa shape index (κ3) is 4.53. The molecule has 2 saturated heterocycles. The van der Waals surface area contributed by atoms with E-state index in [-0.39, 0.29) is 5.91 Å². The van der Waals surface area contributed by atoms with Crippen LogP contribution in [-0.2, 0) is 0 Å². The van der Waals surface area contributed by atoms with Crippen LogP contribution in [0.4, 0.5) is 0 Å². The largest absolute Gasteiger partial charge is 0.497 e. The molecule has 2 aromatic carbocycles. The summed E-state index contributed by atoms with van der Waals surface area (Å²) in [6.45, 7) is 6.08. The van der Waals surface area contributed by atoms with Crippen molar-refractivity contribution in [2.75, 3.05) is 33.3 Å². The average Bonchev–Trinajstić information content (AvgIpc) is 3.55. The van der Waals surface area contributed by atoms with Crippen molar-refractivity contribution in [3.63, 3.8) is 0 Å². The average molecular weight is 445 g/mol. The minimum Gasteiger partial charge on any atom is -0.497 e. The standard InChI is InChI=1S/C27H32N4O2/c1-20-8-10-23(11-9-20)31-19-25(26(28-31)21-6-5-7-24(18-21)33-2)27(32)30-16-12-22(13-17-30)29-14-3-4-15-29/h5-11,18-19,22H,3-4,12-17H2,1-2H3. The molecule has 2 fully saturated rings. The van der Waals surface area contributed by atoms with Gasteiger partial charge in [0.1, 0.15) is 11.4 Å². The molecule has 0 unspecified atom stereocenters. The first-order valence-corrected chi connectivity index (χ1v) is 12.0. The molecule has 3 aromatic rings. The zero-order valence-corrected chi connectivity index (χ0v) is 19.5. The molecule has 6 heteroatoms. The monoisotopic (exact) mass is 444 g/mol. The predicted molar refractivity (Wildman–Crippen MR) is 130 cm³/mol. The molecule has 3 heterocycles. The van der Waals surface area contributed by atoms with Gasteiger partial charge in [0.05, 0.1) is 18.4 Å². The Morgan fingerprint density at radius 3 is 2.42 bits per heavy atom. The molecular weight excluding hydrogens is 412 g/mol. The van der Waals surface area contributed by atoms with Crippen molar-refractivity contribution in [1.82, 2.24) is 19.6 Å². The number of aromatic nitrogens is 2. The van der Waals surface area contributed by atoms with Gasteiger partial charge in [-0.3, -0.25) is 4.79 Å². The Hall–Kier alpha value is -3.12. The molecule has 1 aromatic heterocycles. The topological polar surface area (TPSA) is 50.6 Å². The van der Waals surface area contributed by atoms with Crippen LogP contribution >= 0.6 is 0 Å². The van der Waals surface area contributed by atoms with E-state index in [1.54, 1.807) is 7.11 Å². The summed E-state index contributed by atoms with van der Waals surface area (Å²) in [5.41, 5.74) is 4.35. The van der Waals surface area contributed by atoms with Gasteiger partial charge in [-0.1, -0.05) is 29.8 Å². The van der Waals surface area contributed by atoms with E-state index in [0.29, 0.717) is 17.3 Å². The van der Waals surface area contributed by atoms with Crippen molar-refractivity contribution >= 4 is 5.91 Å². The van der Waals surface area contributed by atoms with E-state index in [1.807, 2.05) is 52.2 Å². The zero-order valence-electron chi connectivity index (χ0n) is 19.5. The van der Waals surface area contributed by atoms with Crippen LogP contribution in [0.2, 0.25) is 0 Å². The smallest absolute Gasteiger partial charge is 0.257 e. The van der Waals surface area contributed by atoms with E-state index in [1.165, 1.54) is 31.5 Å². The summed E-state index contributed by atoms with van der Waals surface area (Å²) in [5, 5.41) is 4.86. The van der Waals surface area contributed by atoms with E-state index in [2.05, 4.69) is 24.0 Å². The second-order valence-electron chi connectivity index (χ2n) is 9.17. The number of rotatable bonds is 5. The first-order chi connectivity index (χ1) is 16.1. The SMILES string of the molecule is COc1cccc(-c2nn(-c3ccc(C)cc3)cc2C(=O)N2CCC(N3CCCC3)CC2)c1. The number of hydrogen-bond acceptors (Lipinski definition) is 4. The van der Waals surface area contributed by atoms with Crippen molar-refractivity contribution in [2.45, 2.75) is 38.6 Å². The lowest BCUT2D eigenvalue weighted by molar-refractivity contribution is 0.0645. The predicted octanol–water partition coefficient (Wildman–Crippen LogP) is 4.56. The summed E-state index contributed by atoms with van der Waals surface area (Å²) in [6.07, 6.45) is 6.59. The number of aryl methyl sites for hydroxylation is 1. The highest BCUT2D eigenvalue weighted by atomic mass is 16.5. The Morgan fingerprint density at radius 2 is 1.73 bits per heavy atom. The van der Waals surface area contributed by atoms with Crippen LogP contribution in [0.3, 0.4) is 0 Å². The number of methoxy groups -OCH3 is 1. The highest BCUT2D eigenvalue weighted by Gasteiger charge is 2.30. The molecule has 172 valence electrons. The summed E-state index contributed by atoms with van der Waals surface area (Å²) in [4.78, 5) is 18.3. The lowest BCUT2D eigenvalue weighted by Gasteiger charge is -2.36. The van der Waals surface area contributed by atoms with Gasteiger partial charge in [0.2, 0.25) is 0 Å². The second kappa shape index (κ2) is 9.40. The van der Waals surface area contributed by atoms with Crippen LogP contribution in [0, 0.1) is 6.92 Å². The summed E-state index contributed by atoms with van der Waals surface area (Å²) < 4.78 is 7.24. The van der Waals surface area contributed by atoms with Gasteiger partial charge in [-0.15, -0.1) is 0 Å². The van der Waals surface area contributed by atoms with E-state index in [9.17, 15) is 4.79 Å². The van der Waals surface area contributed by atoms with Crippen LogP contribution < -0.4 is 4.74 Å². The molecule has 0 spiro atoms. The van der Waals surface area contributed by atoms with Gasteiger partial charge in [0, 0.05) is 30.9 Å². The lowest BCUT2D eigenvalue weighted by atomic mass is 10.0. The van der Waals surface area contributed by atoms with Crippen LogP contribution in [-0.4, -0.2) is 64.8 Å². The fourth-order valence-corrected chi connectivity index (χ4v) is 5.05. The van der Waals surface area contributed by atoms with Crippen molar-refractivity contribution in [3.05, 3.63) is 65.9 Å². The molecular formula is C27H32N4O2. The third-order valence-electron chi connectivity index (χ3n) is 7.00. The normalized spacial score (nSPS) is 17.5. The molecule has 2 aliphatic rings. The molecule has 0 N–H and O–H groups in total. The molecule has 6 nitrogen and oxygen atoms in total. The Labute approximate surface area is 195 Å². The number of likely N-dealkylation sites (tertiary alicyclic amines) is 2. The fourth-order valence-electron chi connectivity index (χ4n) is 5.05. The first-order valence-electron chi connectivity index (χ1n) is 12.0. The minimum absolute atomic E-state index is 0.0612. The highest BCUT2D eigenvalue weighted by molar-refractivity contribution is 6.00. The van der Waals surface area contributed by atoms with Crippen molar-refractivity contribution in [3.8, 4) is 22.7 Å². The third-order valence-corrected chi connectivity index (χ3v) is 7.00. The van der Waals surface area contributed by atoms with E-state index < -0.39 is 0 Å². The number of benzene rings is 2. The highest BCUT2D eigenvalue weighted by Crippen LogP contribution is 2.29. The molecule has 2 aliphatic heterocycles. The van der Waals surface area contributed by atoms with E-state index in [0.717, 1.165) is 42.9 Å². The van der Waals surface area contributed by atoms with Crippen LogP contribution in [0.25, 0.3) is 16.9 Å². The van der Waals surface area contributed by atoms with Crippen molar-refractivity contribution in [1.29, 1.82) is 0 Å². The number of ether oxygens (including phenoxy) is 1. The van der Waals surface area contributed by atoms with Crippen LogP contribution in [0.1, 0.15) is 41.6 Å². The van der Waals surface area contributed by atoms with Crippen molar-refractivity contribution in [2.24, 2.45) is 0 Å².